The Morgan fingerprint density at radius 2 is 1.84 bits per heavy atom. The van der Waals surface area contributed by atoms with Gasteiger partial charge >= 0.3 is 0 Å². The van der Waals surface area contributed by atoms with Crippen molar-refractivity contribution < 1.29 is 4.79 Å². The number of amides is 1. The summed E-state index contributed by atoms with van der Waals surface area (Å²) in [6, 6.07) is 16.5. The Kier molecular flexibility index (Phi) is 5.21. The average Bonchev–Trinajstić information content (AvgIpc) is 2.64. The smallest absolute Gasteiger partial charge is 0.247 e. The molecule has 3 N–H and O–H groups in total. The lowest BCUT2D eigenvalue weighted by Crippen LogP contribution is -2.13. The highest BCUT2D eigenvalue weighted by atomic mass is 16.1. The van der Waals surface area contributed by atoms with Crippen LogP contribution in [0.25, 0.3) is 0 Å². The Balaban J connectivity index is 1.51. The Labute approximate surface area is 145 Å². The van der Waals surface area contributed by atoms with Gasteiger partial charge in [0.05, 0.1) is 11.9 Å². The van der Waals surface area contributed by atoms with Crippen molar-refractivity contribution in [1.29, 1.82) is 0 Å². The number of pyridine rings is 2. The van der Waals surface area contributed by atoms with Gasteiger partial charge < -0.3 is 15.6 Å². The summed E-state index contributed by atoms with van der Waals surface area (Å²) in [6.45, 7) is 0. The summed E-state index contributed by atoms with van der Waals surface area (Å²) in [5.74, 6) is 0.606. The molecule has 0 atom stereocenters. The Morgan fingerprint density at radius 1 is 1.00 bits per heavy atom. The third kappa shape index (κ3) is 5.04. The molecule has 0 saturated heterocycles. The number of aromatic amines is 1. The van der Waals surface area contributed by atoms with E-state index < -0.39 is 0 Å². The average molecular weight is 334 g/mol. The summed E-state index contributed by atoms with van der Waals surface area (Å²) >= 11 is 0. The van der Waals surface area contributed by atoms with E-state index in [9.17, 15) is 9.59 Å². The molecule has 6 nitrogen and oxygen atoms in total. The van der Waals surface area contributed by atoms with Crippen LogP contribution in [-0.4, -0.2) is 15.9 Å². The quantitative estimate of drug-likeness (QED) is 0.646. The van der Waals surface area contributed by atoms with Crippen LogP contribution < -0.4 is 16.2 Å². The van der Waals surface area contributed by atoms with Crippen molar-refractivity contribution in [1.82, 2.24) is 9.97 Å². The molecule has 2 heterocycles. The molecule has 1 amide bonds. The maximum absolute atomic E-state index is 12.0. The number of para-hydroxylation sites is 1. The molecule has 1 aromatic carbocycles. The van der Waals surface area contributed by atoms with E-state index in [2.05, 4.69) is 20.6 Å². The number of anilines is 3. The van der Waals surface area contributed by atoms with Crippen LogP contribution in [0, 0.1) is 0 Å². The predicted octanol–water partition coefficient (Wildman–Crippen LogP) is 3.08. The topological polar surface area (TPSA) is 86.9 Å². The highest BCUT2D eigenvalue weighted by Gasteiger charge is 2.04. The van der Waals surface area contributed by atoms with Gasteiger partial charge in [-0.2, -0.15) is 0 Å². The summed E-state index contributed by atoms with van der Waals surface area (Å²) in [5.41, 5.74) is 2.36. The van der Waals surface area contributed by atoms with Crippen LogP contribution in [0.1, 0.15) is 12.0 Å². The van der Waals surface area contributed by atoms with Gasteiger partial charge in [0.1, 0.15) is 5.82 Å². The first-order valence-corrected chi connectivity index (χ1v) is 7.95. The molecule has 25 heavy (non-hydrogen) atoms. The number of aryl methyl sites for hydroxylation is 1. The van der Waals surface area contributed by atoms with Crippen molar-refractivity contribution in [2.75, 3.05) is 10.6 Å². The molecule has 0 saturated carbocycles. The highest BCUT2D eigenvalue weighted by Crippen LogP contribution is 2.15. The number of nitrogens with one attached hydrogen (secondary N) is 3. The molecule has 0 bridgehead atoms. The molecular weight excluding hydrogens is 316 g/mol. The zero-order valence-corrected chi connectivity index (χ0v) is 13.5. The Morgan fingerprint density at radius 3 is 2.52 bits per heavy atom. The van der Waals surface area contributed by atoms with Crippen molar-refractivity contribution in [2.24, 2.45) is 0 Å². The second-order valence-electron chi connectivity index (χ2n) is 5.53. The Hall–Kier alpha value is -3.41. The van der Waals surface area contributed by atoms with Gasteiger partial charge in [-0.25, -0.2) is 4.98 Å². The third-order valence-corrected chi connectivity index (χ3v) is 3.58. The van der Waals surface area contributed by atoms with Crippen LogP contribution >= 0.6 is 0 Å². The lowest BCUT2D eigenvalue weighted by molar-refractivity contribution is -0.116. The fourth-order valence-electron chi connectivity index (χ4n) is 2.29. The summed E-state index contributed by atoms with van der Waals surface area (Å²) in [4.78, 5) is 29.9. The standard InChI is InChI=1S/C19H18N4O2/c24-18-10-6-14(12-21-18)7-11-19(25)23-16-8-9-17(20-13-16)22-15-4-2-1-3-5-15/h1-6,8-10,12-13H,7,11H2,(H,20,22)(H,21,24)(H,23,25). The van der Waals surface area contributed by atoms with Gasteiger partial charge in [-0.3, -0.25) is 9.59 Å². The SMILES string of the molecule is O=C(CCc1ccc(=O)[nH]c1)Nc1ccc(Nc2ccccc2)nc1. The van der Waals surface area contributed by atoms with E-state index in [1.807, 2.05) is 36.4 Å². The zero-order valence-electron chi connectivity index (χ0n) is 13.5. The number of nitrogens with zero attached hydrogens (tertiary/aromatic N) is 1. The molecule has 2 aromatic heterocycles. The largest absolute Gasteiger partial charge is 0.340 e. The monoisotopic (exact) mass is 334 g/mol. The van der Waals surface area contributed by atoms with Crippen molar-refractivity contribution >= 4 is 23.1 Å². The van der Waals surface area contributed by atoms with Gasteiger partial charge in [0.2, 0.25) is 11.5 Å². The van der Waals surface area contributed by atoms with E-state index in [-0.39, 0.29) is 11.5 Å². The number of carbonyl (C=O) groups is 1. The lowest BCUT2D eigenvalue weighted by atomic mass is 10.1. The number of carbonyl (C=O) groups excluding carboxylic acids is 1. The minimum absolute atomic E-state index is 0.100. The molecule has 0 spiro atoms. The van der Waals surface area contributed by atoms with Gasteiger partial charge in [0.25, 0.3) is 0 Å². The minimum atomic E-state index is -0.150. The summed E-state index contributed by atoms with van der Waals surface area (Å²) in [5, 5.41) is 6.00. The highest BCUT2D eigenvalue weighted by molar-refractivity contribution is 5.90. The molecule has 3 aromatic rings. The van der Waals surface area contributed by atoms with Crippen LogP contribution in [0.15, 0.2) is 71.8 Å². The normalized spacial score (nSPS) is 10.2. The van der Waals surface area contributed by atoms with E-state index in [0.29, 0.717) is 24.3 Å². The van der Waals surface area contributed by atoms with Crippen LogP contribution in [-0.2, 0) is 11.2 Å². The van der Waals surface area contributed by atoms with Gasteiger partial charge in [-0.05, 0) is 36.2 Å². The fraction of sp³-hybridized carbons (Fsp3) is 0.105. The molecule has 0 aliphatic heterocycles. The van der Waals surface area contributed by atoms with Crippen LogP contribution in [0.3, 0.4) is 0 Å². The number of aromatic nitrogens is 2. The number of rotatable bonds is 6. The van der Waals surface area contributed by atoms with E-state index in [0.717, 1.165) is 11.3 Å². The van der Waals surface area contributed by atoms with Gasteiger partial charge in [0, 0.05) is 24.4 Å². The number of H-pyrrole nitrogens is 1. The van der Waals surface area contributed by atoms with Crippen LogP contribution in [0.5, 0.6) is 0 Å². The summed E-state index contributed by atoms with van der Waals surface area (Å²) in [7, 11) is 0. The first-order chi connectivity index (χ1) is 12.2. The second kappa shape index (κ2) is 7.92. The van der Waals surface area contributed by atoms with Crippen molar-refractivity contribution in [2.45, 2.75) is 12.8 Å². The molecule has 0 fully saturated rings. The lowest BCUT2D eigenvalue weighted by Gasteiger charge is -2.08. The third-order valence-electron chi connectivity index (χ3n) is 3.58. The summed E-state index contributed by atoms with van der Waals surface area (Å²) in [6.07, 6.45) is 4.13. The zero-order chi connectivity index (χ0) is 17.5. The molecular formula is C19H18N4O2. The predicted molar refractivity (Wildman–Crippen MR) is 98.0 cm³/mol. The maximum atomic E-state index is 12.0. The second-order valence-corrected chi connectivity index (χ2v) is 5.53. The Bertz CT molecular complexity index is 869. The van der Waals surface area contributed by atoms with E-state index >= 15 is 0 Å². The van der Waals surface area contributed by atoms with Crippen molar-refractivity contribution in [3.8, 4) is 0 Å². The van der Waals surface area contributed by atoms with Crippen molar-refractivity contribution in [3.05, 3.63) is 82.9 Å². The molecule has 6 heteroatoms. The number of hydrogen-bond acceptors (Lipinski definition) is 4. The molecule has 0 aliphatic carbocycles. The van der Waals surface area contributed by atoms with Crippen LogP contribution in [0.4, 0.5) is 17.2 Å². The van der Waals surface area contributed by atoms with E-state index in [1.165, 1.54) is 6.07 Å². The van der Waals surface area contributed by atoms with Gasteiger partial charge in [-0.15, -0.1) is 0 Å². The van der Waals surface area contributed by atoms with Gasteiger partial charge in [-0.1, -0.05) is 24.3 Å². The summed E-state index contributed by atoms with van der Waals surface area (Å²) < 4.78 is 0. The molecule has 0 aliphatic rings. The minimum Gasteiger partial charge on any atom is -0.340 e. The first kappa shape index (κ1) is 16.4. The van der Waals surface area contributed by atoms with Gasteiger partial charge in [0.15, 0.2) is 0 Å². The molecule has 0 unspecified atom stereocenters. The van der Waals surface area contributed by atoms with Crippen LogP contribution in [0.2, 0.25) is 0 Å². The van der Waals surface area contributed by atoms with E-state index in [1.54, 1.807) is 24.5 Å². The van der Waals surface area contributed by atoms with Crippen molar-refractivity contribution in [3.63, 3.8) is 0 Å². The molecule has 0 radical (unpaired) electrons. The number of hydrogen-bond donors (Lipinski definition) is 3. The van der Waals surface area contributed by atoms with E-state index in [4.69, 9.17) is 0 Å². The maximum Gasteiger partial charge on any atom is 0.247 e. The molecule has 3 rings (SSSR count). The fourth-order valence-corrected chi connectivity index (χ4v) is 2.29. The number of benzene rings is 1. The molecule has 126 valence electrons. The first-order valence-electron chi connectivity index (χ1n) is 7.95.